The van der Waals surface area contributed by atoms with Gasteiger partial charge in [0.05, 0.1) is 31.4 Å². The molecule has 1 atom stereocenters. The minimum atomic E-state index is -1.01. The van der Waals surface area contributed by atoms with Crippen LogP contribution in [0.2, 0.25) is 0 Å². The molecule has 36 heavy (non-hydrogen) atoms. The number of Topliss-reactive ketones (excluding diaryl/α,β-unsaturated/α-hetero) is 1. The van der Waals surface area contributed by atoms with Gasteiger partial charge in [0.1, 0.15) is 17.3 Å². The van der Waals surface area contributed by atoms with E-state index in [1.807, 2.05) is 13.8 Å². The van der Waals surface area contributed by atoms with E-state index in [-0.39, 0.29) is 23.4 Å². The van der Waals surface area contributed by atoms with Gasteiger partial charge in [-0.15, -0.1) is 0 Å². The van der Waals surface area contributed by atoms with Crippen molar-refractivity contribution in [2.75, 3.05) is 46.0 Å². The molecule has 0 saturated carbocycles. The van der Waals surface area contributed by atoms with Gasteiger partial charge in [-0.25, -0.2) is 4.39 Å². The van der Waals surface area contributed by atoms with Crippen molar-refractivity contribution in [3.05, 3.63) is 70.5 Å². The molecule has 1 amide bonds. The summed E-state index contributed by atoms with van der Waals surface area (Å²) < 4.78 is 26.1. The quantitative estimate of drug-likeness (QED) is 0.320. The Morgan fingerprint density at radius 2 is 1.89 bits per heavy atom. The van der Waals surface area contributed by atoms with Gasteiger partial charge < -0.3 is 19.5 Å². The first-order chi connectivity index (χ1) is 17.4. The van der Waals surface area contributed by atoms with Gasteiger partial charge >= 0.3 is 0 Å². The zero-order valence-corrected chi connectivity index (χ0v) is 20.8. The topological polar surface area (TPSA) is 79.3 Å². The molecule has 7 nitrogen and oxygen atoms in total. The number of carbonyl (C=O) groups excluding carboxylic acids is 2. The maximum atomic E-state index is 15.0. The number of morpholine rings is 1. The molecule has 8 heteroatoms. The number of aliphatic hydroxyl groups excluding tert-OH is 1. The van der Waals surface area contributed by atoms with Gasteiger partial charge in [0.25, 0.3) is 11.7 Å². The fourth-order valence-corrected chi connectivity index (χ4v) is 4.75. The van der Waals surface area contributed by atoms with Crippen molar-refractivity contribution in [1.82, 2.24) is 9.80 Å². The van der Waals surface area contributed by atoms with Crippen molar-refractivity contribution in [2.45, 2.75) is 32.7 Å². The van der Waals surface area contributed by atoms with Gasteiger partial charge in [0.15, 0.2) is 0 Å². The predicted molar refractivity (Wildman–Crippen MR) is 134 cm³/mol. The SMILES string of the molecule is CCCOc1ccc(C(O)=C2C(=O)C(=O)N(CCCN3CCOCC3)[C@@H]2c2ccccc2F)cc1C. The summed E-state index contributed by atoms with van der Waals surface area (Å²) in [5.41, 5.74) is 1.25. The smallest absolute Gasteiger partial charge is 0.295 e. The Labute approximate surface area is 211 Å². The Hall–Kier alpha value is -3.23. The van der Waals surface area contributed by atoms with Crippen molar-refractivity contribution >= 4 is 17.4 Å². The van der Waals surface area contributed by atoms with Crippen LogP contribution in [0.1, 0.15) is 42.5 Å². The van der Waals surface area contributed by atoms with E-state index >= 15 is 0 Å². The molecule has 4 rings (SSSR count). The Kier molecular flexibility index (Phi) is 8.38. The average molecular weight is 497 g/mol. The number of rotatable bonds is 9. The minimum Gasteiger partial charge on any atom is -0.507 e. The lowest BCUT2D eigenvalue weighted by Crippen LogP contribution is -2.39. The molecule has 0 radical (unpaired) electrons. The first kappa shape index (κ1) is 25.9. The summed E-state index contributed by atoms with van der Waals surface area (Å²) in [6.07, 6.45) is 1.47. The molecule has 2 aliphatic rings. The van der Waals surface area contributed by atoms with Crippen molar-refractivity contribution < 1.29 is 28.6 Å². The van der Waals surface area contributed by atoms with E-state index < -0.39 is 23.5 Å². The maximum absolute atomic E-state index is 15.0. The number of hydrogen-bond donors (Lipinski definition) is 1. The Morgan fingerprint density at radius 1 is 1.14 bits per heavy atom. The van der Waals surface area contributed by atoms with E-state index in [1.54, 1.807) is 36.4 Å². The normalized spacial score (nSPS) is 20.2. The number of nitrogens with zero attached hydrogens (tertiary/aromatic N) is 2. The maximum Gasteiger partial charge on any atom is 0.295 e. The van der Waals surface area contributed by atoms with Gasteiger partial charge in [-0.1, -0.05) is 25.1 Å². The molecule has 0 spiro atoms. The molecule has 1 N–H and O–H groups in total. The fraction of sp³-hybridized carbons (Fsp3) is 0.429. The second-order valence-electron chi connectivity index (χ2n) is 9.15. The number of ketones is 1. The van der Waals surface area contributed by atoms with Crippen LogP contribution in [-0.4, -0.2) is 72.6 Å². The molecule has 2 heterocycles. The van der Waals surface area contributed by atoms with Crippen LogP contribution in [0.5, 0.6) is 5.75 Å². The summed E-state index contributed by atoms with van der Waals surface area (Å²) in [7, 11) is 0. The number of benzene rings is 2. The molecule has 2 aromatic rings. The molecule has 0 aliphatic carbocycles. The Morgan fingerprint density at radius 3 is 2.58 bits per heavy atom. The zero-order valence-electron chi connectivity index (χ0n) is 20.8. The lowest BCUT2D eigenvalue weighted by molar-refractivity contribution is -0.140. The second kappa shape index (κ2) is 11.7. The van der Waals surface area contributed by atoms with Gasteiger partial charge in [0, 0.05) is 37.3 Å². The van der Waals surface area contributed by atoms with Crippen LogP contribution in [0.3, 0.4) is 0 Å². The number of hydrogen-bond acceptors (Lipinski definition) is 6. The van der Waals surface area contributed by atoms with Crippen LogP contribution in [0, 0.1) is 12.7 Å². The lowest BCUT2D eigenvalue weighted by atomic mass is 9.94. The zero-order chi connectivity index (χ0) is 25.7. The van der Waals surface area contributed by atoms with Crippen LogP contribution < -0.4 is 4.74 Å². The molecule has 0 bridgehead atoms. The highest BCUT2D eigenvalue weighted by Gasteiger charge is 2.46. The summed E-state index contributed by atoms with van der Waals surface area (Å²) in [6, 6.07) is 10.2. The average Bonchev–Trinajstić information content (AvgIpc) is 3.13. The summed E-state index contributed by atoms with van der Waals surface area (Å²) in [5, 5.41) is 11.3. The third kappa shape index (κ3) is 5.44. The number of carbonyl (C=O) groups is 2. The molecule has 0 unspecified atom stereocenters. The summed E-state index contributed by atoms with van der Waals surface area (Å²) in [5.74, 6) is -1.71. The molecule has 2 aromatic carbocycles. The number of halogens is 1. The number of amides is 1. The van der Waals surface area contributed by atoms with Crippen molar-refractivity contribution in [2.24, 2.45) is 0 Å². The molecular formula is C28H33FN2O5. The highest BCUT2D eigenvalue weighted by atomic mass is 19.1. The highest BCUT2D eigenvalue weighted by Crippen LogP contribution is 2.40. The lowest BCUT2D eigenvalue weighted by Gasteiger charge is -2.29. The van der Waals surface area contributed by atoms with E-state index in [9.17, 15) is 19.1 Å². The van der Waals surface area contributed by atoms with Gasteiger partial charge in [-0.2, -0.15) is 0 Å². The summed E-state index contributed by atoms with van der Waals surface area (Å²) >= 11 is 0. The molecule has 2 aliphatic heterocycles. The van der Waals surface area contributed by atoms with E-state index in [4.69, 9.17) is 9.47 Å². The number of ether oxygens (including phenoxy) is 2. The molecule has 0 aromatic heterocycles. The van der Waals surface area contributed by atoms with Crippen LogP contribution in [-0.2, 0) is 14.3 Å². The standard InChI is InChI=1S/C28H33FN2O5/c1-3-15-36-23-10-9-20(18-19(23)2)26(32)24-25(21-7-4-5-8-22(21)29)31(28(34)27(24)33)12-6-11-30-13-16-35-17-14-30/h4-5,7-10,18,25,32H,3,6,11-17H2,1-2H3/t25-/m1/s1. The van der Waals surface area contributed by atoms with Crippen molar-refractivity contribution in [3.63, 3.8) is 0 Å². The van der Waals surface area contributed by atoms with Gasteiger partial charge in [-0.05, 0) is 49.6 Å². The number of likely N-dealkylation sites (tertiary alicyclic amines) is 1. The minimum absolute atomic E-state index is 0.0990. The molecule has 2 fully saturated rings. The largest absolute Gasteiger partial charge is 0.507 e. The molecule has 192 valence electrons. The molecule has 2 saturated heterocycles. The summed E-state index contributed by atoms with van der Waals surface area (Å²) in [4.78, 5) is 29.9. The number of aryl methyl sites for hydroxylation is 1. The van der Waals surface area contributed by atoms with Crippen LogP contribution in [0.4, 0.5) is 4.39 Å². The van der Waals surface area contributed by atoms with Crippen LogP contribution in [0.15, 0.2) is 48.0 Å². The van der Waals surface area contributed by atoms with Crippen molar-refractivity contribution in [3.8, 4) is 5.75 Å². The summed E-state index contributed by atoms with van der Waals surface area (Å²) in [6.45, 7) is 8.38. The Balaban J connectivity index is 1.67. The highest BCUT2D eigenvalue weighted by molar-refractivity contribution is 6.46. The van der Waals surface area contributed by atoms with E-state index in [2.05, 4.69) is 4.90 Å². The molecular weight excluding hydrogens is 463 g/mol. The Bertz CT molecular complexity index is 1140. The number of aliphatic hydroxyl groups is 1. The van der Waals surface area contributed by atoms with Gasteiger partial charge in [-0.3, -0.25) is 14.5 Å². The van der Waals surface area contributed by atoms with Crippen LogP contribution >= 0.6 is 0 Å². The van der Waals surface area contributed by atoms with E-state index in [0.717, 1.165) is 31.6 Å². The first-order valence-electron chi connectivity index (χ1n) is 12.5. The second-order valence-corrected chi connectivity index (χ2v) is 9.15. The van der Waals surface area contributed by atoms with Gasteiger partial charge in [0.2, 0.25) is 0 Å². The van der Waals surface area contributed by atoms with Crippen LogP contribution in [0.25, 0.3) is 5.76 Å². The fourth-order valence-electron chi connectivity index (χ4n) is 4.75. The third-order valence-corrected chi connectivity index (χ3v) is 6.63. The predicted octanol–water partition coefficient (Wildman–Crippen LogP) is 4.07. The third-order valence-electron chi connectivity index (χ3n) is 6.63. The van der Waals surface area contributed by atoms with E-state index in [1.165, 1.54) is 11.0 Å². The van der Waals surface area contributed by atoms with Crippen molar-refractivity contribution in [1.29, 1.82) is 0 Å². The monoisotopic (exact) mass is 496 g/mol. The first-order valence-corrected chi connectivity index (χ1v) is 12.5. The van der Waals surface area contributed by atoms with E-state index in [0.29, 0.717) is 37.6 Å².